The number of carboxylic acid groups (broad SMARTS) is 1. The van der Waals surface area contributed by atoms with Gasteiger partial charge < -0.3 is 15.3 Å². The Morgan fingerprint density at radius 1 is 1.17 bits per heavy atom. The number of nitrogens with zero attached hydrogens (tertiary/aromatic N) is 2. The van der Waals surface area contributed by atoms with Gasteiger partial charge in [-0.25, -0.2) is 4.39 Å². The maximum Gasteiger partial charge on any atom is 0.305 e. The highest BCUT2D eigenvalue weighted by Gasteiger charge is 2.52. The fraction of sp³-hybridized carbons (Fsp3) is 0.515. The third kappa shape index (κ3) is 6.54. The molecule has 9 heteroatoms. The van der Waals surface area contributed by atoms with Gasteiger partial charge in [0, 0.05) is 17.7 Å². The lowest BCUT2D eigenvalue weighted by Gasteiger charge is -2.48. The maximum absolute atomic E-state index is 14.3. The second kappa shape index (κ2) is 12.9. The minimum absolute atomic E-state index is 0.0442. The van der Waals surface area contributed by atoms with Gasteiger partial charge in [-0.15, -0.1) is 0 Å². The van der Waals surface area contributed by atoms with Crippen molar-refractivity contribution in [2.24, 2.45) is 16.3 Å². The fourth-order valence-corrected chi connectivity index (χ4v) is 6.52. The minimum Gasteiger partial charge on any atom is -0.481 e. The first-order chi connectivity index (χ1) is 19.9. The summed E-state index contributed by atoms with van der Waals surface area (Å²) >= 11 is 6.12. The van der Waals surface area contributed by atoms with Gasteiger partial charge in [0.1, 0.15) is 17.2 Å². The molecule has 226 valence electrons. The average molecular weight is 598 g/mol. The number of carbonyl (C=O) groups is 3. The van der Waals surface area contributed by atoms with Gasteiger partial charge in [-0.05, 0) is 79.3 Å². The summed E-state index contributed by atoms with van der Waals surface area (Å²) in [7, 11) is 0. The number of hydrogen-bond donors (Lipinski definition) is 2. The molecule has 1 heterocycles. The predicted molar refractivity (Wildman–Crippen MR) is 162 cm³/mol. The predicted octanol–water partition coefficient (Wildman–Crippen LogP) is 7.18. The summed E-state index contributed by atoms with van der Waals surface area (Å²) in [6, 6.07) is 11.2. The molecule has 7 nitrogen and oxygen atoms in total. The van der Waals surface area contributed by atoms with Crippen molar-refractivity contribution in [1.82, 2.24) is 10.2 Å². The van der Waals surface area contributed by atoms with E-state index < -0.39 is 17.4 Å². The number of aliphatic carboxylic acids is 1. The van der Waals surface area contributed by atoms with Crippen molar-refractivity contribution in [3.05, 3.63) is 70.0 Å². The average Bonchev–Trinajstić information content (AvgIpc) is 3.24. The molecule has 0 radical (unpaired) electrons. The maximum atomic E-state index is 14.3. The second-order valence-electron chi connectivity index (χ2n) is 12.2. The van der Waals surface area contributed by atoms with Crippen molar-refractivity contribution >= 4 is 35.1 Å². The zero-order valence-corrected chi connectivity index (χ0v) is 25.6. The van der Waals surface area contributed by atoms with E-state index in [0.717, 1.165) is 44.1 Å². The van der Waals surface area contributed by atoms with Gasteiger partial charge in [0.05, 0.1) is 17.5 Å². The number of rotatable bonds is 11. The number of aliphatic imine (C=N–C) groups is 1. The number of nitrogens with one attached hydrogen (secondary N) is 1. The van der Waals surface area contributed by atoms with E-state index in [0.29, 0.717) is 29.2 Å². The zero-order chi connectivity index (χ0) is 30.7. The monoisotopic (exact) mass is 597 g/mol. The van der Waals surface area contributed by atoms with E-state index in [9.17, 15) is 18.8 Å². The highest BCUT2D eigenvalue weighted by atomic mass is 35.5. The number of benzene rings is 2. The van der Waals surface area contributed by atoms with Crippen LogP contribution in [0.5, 0.6) is 0 Å². The molecule has 1 aliphatic heterocycles. The van der Waals surface area contributed by atoms with Crippen molar-refractivity contribution in [2.45, 2.75) is 90.8 Å². The van der Waals surface area contributed by atoms with Crippen molar-refractivity contribution in [2.75, 3.05) is 6.54 Å². The molecule has 1 spiro atoms. The van der Waals surface area contributed by atoms with Crippen molar-refractivity contribution in [3.8, 4) is 0 Å². The van der Waals surface area contributed by atoms with E-state index in [4.69, 9.17) is 21.7 Å². The van der Waals surface area contributed by atoms with E-state index in [-0.39, 0.29) is 41.3 Å². The van der Waals surface area contributed by atoms with Crippen LogP contribution in [-0.4, -0.2) is 45.7 Å². The Morgan fingerprint density at radius 2 is 1.83 bits per heavy atom. The number of amides is 2. The Hall–Kier alpha value is -3.26. The summed E-state index contributed by atoms with van der Waals surface area (Å²) in [5, 5.41) is 11.4. The SMILES string of the molecule is CCC[C@H](c1ccc(C(=O)NCCC(=O)O)cc1)N1C(=O)C(c2ccc(F)c(Cl)c2)=NC12CCC(C(C)(C)CC)CC2. The van der Waals surface area contributed by atoms with Crippen LogP contribution in [0.25, 0.3) is 0 Å². The lowest BCUT2D eigenvalue weighted by molar-refractivity contribution is -0.137. The Kier molecular flexibility index (Phi) is 9.76. The van der Waals surface area contributed by atoms with Crippen LogP contribution in [0.1, 0.15) is 107 Å². The standard InChI is InChI=1S/C33H41ClFN3O4/c1-5-7-27(21-8-10-22(11-9-21)30(41)36-19-16-28(39)40)38-31(42)29(23-12-13-26(35)25(34)20-23)37-33(38)17-14-24(15-18-33)32(3,4)6-2/h8-13,20,24,27H,5-7,14-19H2,1-4H3,(H,36,41)(H,39,40)/t24?,27-,33?/m1/s1. The molecular weight excluding hydrogens is 557 g/mol. The van der Waals surface area contributed by atoms with Gasteiger partial charge >= 0.3 is 5.97 Å². The van der Waals surface area contributed by atoms with E-state index >= 15 is 0 Å². The molecule has 2 aromatic rings. The van der Waals surface area contributed by atoms with Crippen LogP contribution in [0.3, 0.4) is 0 Å². The van der Waals surface area contributed by atoms with Gasteiger partial charge in [-0.1, -0.05) is 64.3 Å². The van der Waals surface area contributed by atoms with Crippen LogP contribution in [0.4, 0.5) is 4.39 Å². The van der Waals surface area contributed by atoms with Crippen molar-refractivity contribution in [3.63, 3.8) is 0 Å². The molecule has 2 aromatic carbocycles. The lowest BCUT2D eigenvalue weighted by Crippen LogP contribution is -2.51. The lowest BCUT2D eigenvalue weighted by atomic mass is 9.67. The van der Waals surface area contributed by atoms with Crippen molar-refractivity contribution in [1.29, 1.82) is 0 Å². The van der Waals surface area contributed by atoms with E-state index in [2.05, 4.69) is 33.0 Å². The highest BCUT2D eigenvalue weighted by molar-refractivity contribution is 6.47. The molecule has 42 heavy (non-hydrogen) atoms. The minimum atomic E-state index is -0.978. The Balaban J connectivity index is 1.69. The molecule has 2 N–H and O–H groups in total. The summed E-state index contributed by atoms with van der Waals surface area (Å²) in [6.45, 7) is 8.95. The second-order valence-corrected chi connectivity index (χ2v) is 12.6. The zero-order valence-electron chi connectivity index (χ0n) is 24.9. The van der Waals surface area contributed by atoms with Gasteiger partial charge in [-0.3, -0.25) is 19.4 Å². The molecule has 0 bridgehead atoms. The number of hydrogen-bond acceptors (Lipinski definition) is 4. The molecule has 1 fully saturated rings. The quantitative estimate of drug-likeness (QED) is 0.287. The van der Waals surface area contributed by atoms with Crippen LogP contribution in [-0.2, 0) is 9.59 Å². The fourth-order valence-electron chi connectivity index (χ4n) is 6.34. The largest absolute Gasteiger partial charge is 0.481 e. The van der Waals surface area contributed by atoms with Gasteiger partial charge in [0.25, 0.3) is 11.8 Å². The summed E-state index contributed by atoms with van der Waals surface area (Å²) in [5.74, 6) is -1.54. The first-order valence-corrected chi connectivity index (χ1v) is 15.3. The molecule has 0 unspecified atom stereocenters. The molecule has 4 rings (SSSR count). The molecule has 2 amide bonds. The van der Waals surface area contributed by atoms with Gasteiger partial charge in [0.15, 0.2) is 0 Å². The molecule has 2 aliphatic rings. The first kappa shape index (κ1) is 31.7. The van der Waals surface area contributed by atoms with Gasteiger partial charge in [0.2, 0.25) is 0 Å². The topological polar surface area (TPSA) is 99.1 Å². The van der Waals surface area contributed by atoms with E-state index in [1.165, 1.54) is 12.1 Å². The van der Waals surface area contributed by atoms with E-state index in [1.807, 2.05) is 17.0 Å². The normalized spacial score (nSPS) is 21.4. The van der Waals surface area contributed by atoms with Crippen LogP contribution < -0.4 is 5.32 Å². The third-order valence-electron chi connectivity index (χ3n) is 9.24. The Morgan fingerprint density at radius 3 is 2.40 bits per heavy atom. The van der Waals surface area contributed by atoms with E-state index in [1.54, 1.807) is 18.2 Å². The molecule has 0 aromatic heterocycles. The van der Waals surface area contributed by atoms with Crippen LogP contribution in [0.2, 0.25) is 5.02 Å². The molecular formula is C33H41ClFN3O4. The van der Waals surface area contributed by atoms with Crippen LogP contribution in [0, 0.1) is 17.2 Å². The summed E-state index contributed by atoms with van der Waals surface area (Å²) in [6.07, 6.45) is 5.80. The van der Waals surface area contributed by atoms with Crippen LogP contribution in [0.15, 0.2) is 47.5 Å². The smallest absolute Gasteiger partial charge is 0.305 e. The van der Waals surface area contributed by atoms with Gasteiger partial charge in [-0.2, -0.15) is 0 Å². The number of halogens is 2. The molecule has 1 atom stereocenters. The molecule has 0 saturated heterocycles. The molecule has 1 saturated carbocycles. The third-order valence-corrected chi connectivity index (χ3v) is 9.53. The summed E-state index contributed by atoms with van der Waals surface area (Å²) in [4.78, 5) is 44.7. The van der Waals surface area contributed by atoms with Crippen LogP contribution >= 0.6 is 11.6 Å². The Bertz CT molecular complexity index is 1350. The number of carboxylic acids is 1. The first-order valence-electron chi connectivity index (χ1n) is 14.9. The number of carbonyl (C=O) groups excluding carboxylic acids is 2. The molecule has 1 aliphatic carbocycles. The summed E-state index contributed by atoms with van der Waals surface area (Å²) in [5.41, 5.74) is 1.60. The van der Waals surface area contributed by atoms with Crippen molar-refractivity contribution < 1.29 is 23.9 Å². The Labute approximate surface area is 252 Å². The summed E-state index contributed by atoms with van der Waals surface area (Å²) < 4.78 is 14.0. The highest BCUT2D eigenvalue weighted by Crippen LogP contribution is 2.50.